The van der Waals surface area contributed by atoms with E-state index >= 15 is 0 Å². The zero-order chi connectivity index (χ0) is 11.1. The molecule has 1 aliphatic rings. The third-order valence-electron chi connectivity index (χ3n) is 2.49. The molecule has 82 valence electrons. The molecule has 0 aromatic rings. The van der Waals surface area contributed by atoms with Gasteiger partial charge in [0.1, 0.15) is 0 Å². The Labute approximate surface area is 90.9 Å². The maximum atomic E-state index is 9.33. The Hall–Kier alpha value is -1.12. The Balaban J connectivity index is 2.73. The smallest absolute Gasteiger partial charge is 0.0721 e. The molecule has 0 heterocycles. The van der Waals surface area contributed by atoms with Gasteiger partial charge in [-0.15, -0.1) is 0 Å². The molecule has 0 bridgehead atoms. The molecule has 1 aliphatic carbocycles. The summed E-state index contributed by atoms with van der Waals surface area (Å²) < 4.78 is 0. The van der Waals surface area contributed by atoms with E-state index in [1.54, 1.807) is 12.2 Å². The van der Waals surface area contributed by atoms with E-state index in [-0.39, 0.29) is 12.7 Å². The van der Waals surface area contributed by atoms with Crippen molar-refractivity contribution in [2.24, 2.45) is 5.92 Å². The van der Waals surface area contributed by atoms with Crippen LogP contribution in [-0.4, -0.2) is 22.9 Å². The van der Waals surface area contributed by atoms with Gasteiger partial charge in [0, 0.05) is 5.92 Å². The number of rotatable bonds is 4. The molecule has 1 rings (SSSR count). The van der Waals surface area contributed by atoms with Crippen molar-refractivity contribution in [3.8, 4) is 0 Å². The summed E-state index contributed by atoms with van der Waals surface area (Å²) in [6.45, 7) is 3.72. The van der Waals surface area contributed by atoms with Crippen LogP contribution in [0.5, 0.6) is 0 Å². The standard InChI is InChI=1S/C13H18O2/c1-2-4-11(5-3-10-14)12-6-8-13(15)9-7-12/h2-6,8,12-15H,1,7,9-10H2/b5-3-,11-4+/t12-,13+/m0/s1. The van der Waals surface area contributed by atoms with Gasteiger partial charge in [-0.25, -0.2) is 0 Å². The molecular weight excluding hydrogens is 188 g/mol. The molecule has 2 nitrogen and oxygen atoms in total. The molecule has 0 amide bonds. The minimum Gasteiger partial charge on any atom is -0.392 e. The van der Waals surface area contributed by atoms with Crippen molar-refractivity contribution in [2.45, 2.75) is 18.9 Å². The van der Waals surface area contributed by atoms with Gasteiger partial charge >= 0.3 is 0 Å². The predicted octanol–water partition coefficient (Wildman–Crippen LogP) is 1.97. The second kappa shape index (κ2) is 6.38. The molecule has 0 aliphatic heterocycles. The number of hydrogen-bond donors (Lipinski definition) is 2. The largest absolute Gasteiger partial charge is 0.392 e. The highest BCUT2D eigenvalue weighted by Crippen LogP contribution is 2.25. The molecule has 0 saturated carbocycles. The molecule has 0 fully saturated rings. The fraction of sp³-hybridized carbons (Fsp3) is 0.385. The molecule has 2 N–H and O–H groups in total. The fourth-order valence-corrected chi connectivity index (χ4v) is 1.71. The maximum absolute atomic E-state index is 9.33. The second-order valence-corrected chi connectivity index (χ2v) is 3.62. The number of allylic oxidation sites excluding steroid dienone is 5. The molecule has 0 aromatic carbocycles. The van der Waals surface area contributed by atoms with E-state index in [1.165, 1.54) is 0 Å². The van der Waals surface area contributed by atoms with Crippen LogP contribution in [0.3, 0.4) is 0 Å². The van der Waals surface area contributed by atoms with Crippen LogP contribution in [-0.2, 0) is 0 Å². The first-order chi connectivity index (χ1) is 7.27. The zero-order valence-corrected chi connectivity index (χ0v) is 8.84. The molecule has 2 atom stereocenters. The minimum atomic E-state index is -0.298. The van der Waals surface area contributed by atoms with Crippen molar-refractivity contribution < 1.29 is 10.2 Å². The zero-order valence-electron chi connectivity index (χ0n) is 8.84. The Morgan fingerprint density at radius 1 is 1.40 bits per heavy atom. The van der Waals surface area contributed by atoms with Gasteiger partial charge in [0.2, 0.25) is 0 Å². The fourth-order valence-electron chi connectivity index (χ4n) is 1.71. The van der Waals surface area contributed by atoms with E-state index in [2.05, 4.69) is 6.58 Å². The van der Waals surface area contributed by atoms with E-state index in [1.807, 2.05) is 24.3 Å². The minimum absolute atomic E-state index is 0.0491. The lowest BCUT2D eigenvalue weighted by Gasteiger charge is -2.20. The van der Waals surface area contributed by atoms with Gasteiger partial charge in [-0.05, 0) is 18.4 Å². The van der Waals surface area contributed by atoms with Crippen LogP contribution in [0.25, 0.3) is 0 Å². The number of hydrogen-bond acceptors (Lipinski definition) is 2. The third-order valence-corrected chi connectivity index (χ3v) is 2.49. The molecule has 0 unspecified atom stereocenters. The van der Waals surface area contributed by atoms with Gasteiger partial charge in [0.25, 0.3) is 0 Å². The highest BCUT2D eigenvalue weighted by Gasteiger charge is 2.15. The maximum Gasteiger partial charge on any atom is 0.0721 e. The molecule has 0 aromatic heterocycles. The van der Waals surface area contributed by atoms with E-state index < -0.39 is 0 Å². The third kappa shape index (κ3) is 3.86. The molecule has 0 radical (unpaired) electrons. The summed E-state index contributed by atoms with van der Waals surface area (Å²) >= 11 is 0. The van der Waals surface area contributed by atoms with E-state index in [0.717, 1.165) is 18.4 Å². The molecular formula is C13H18O2. The lowest BCUT2D eigenvalue weighted by Crippen LogP contribution is -2.13. The summed E-state index contributed by atoms with van der Waals surface area (Å²) in [7, 11) is 0. The quantitative estimate of drug-likeness (QED) is 0.545. The normalized spacial score (nSPS) is 27.2. The molecule has 2 heteroatoms. The van der Waals surface area contributed by atoms with Crippen LogP contribution in [0.4, 0.5) is 0 Å². The average Bonchev–Trinajstić information content (AvgIpc) is 2.25. The van der Waals surface area contributed by atoms with Gasteiger partial charge in [-0.3, -0.25) is 0 Å². The molecule has 0 spiro atoms. The van der Waals surface area contributed by atoms with Crippen molar-refractivity contribution in [3.05, 3.63) is 48.6 Å². The first-order valence-electron chi connectivity index (χ1n) is 5.24. The summed E-state index contributed by atoms with van der Waals surface area (Å²) in [4.78, 5) is 0. The lowest BCUT2D eigenvalue weighted by atomic mass is 9.87. The van der Waals surface area contributed by atoms with Gasteiger partial charge < -0.3 is 10.2 Å². The van der Waals surface area contributed by atoms with E-state index in [0.29, 0.717) is 5.92 Å². The van der Waals surface area contributed by atoms with Gasteiger partial charge in [0.15, 0.2) is 0 Å². The summed E-state index contributed by atoms with van der Waals surface area (Å²) in [5.74, 6) is 0.328. The number of aliphatic hydroxyl groups excluding tert-OH is 2. The molecule has 15 heavy (non-hydrogen) atoms. The van der Waals surface area contributed by atoms with Crippen LogP contribution in [0, 0.1) is 5.92 Å². The second-order valence-electron chi connectivity index (χ2n) is 3.62. The van der Waals surface area contributed by atoms with Crippen molar-refractivity contribution in [1.29, 1.82) is 0 Å². The van der Waals surface area contributed by atoms with Crippen molar-refractivity contribution >= 4 is 0 Å². The predicted molar refractivity (Wildman–Crippen MR) is 62.4 cm³/mol. The average molecular weight is 206 g/mol. The first-order valence-corrected chi connectivity index (χ1v) is 5.24. The Bertz CT molecular complexity index is 287. The summed E-state index contributed by atoms with van der Waals surface area (Å²) in [6, 6.07) is 0. The monoisotopic (exact) mass is 206 g/mol. The van der Waals surface area contributed by atoms with Gasteiger partial charge in [0.05, 0.1) is 12.7 Å². The highest BCUT2D eigenvalue weighted by molar-refractivity contribution is 5.30. The molecule has 0 saturated heterocycles. The van der Waals surface area contributed by atoms with Crippen molar-refractivity contribution in [1.82, 2.24) is 0 Å². The highest BCUT2D eigenvalue weighted by atomic mass is 16.3. The van der Waals surface area contributed by atoms with E-state index in [4.69, 9.17) is 5.11 Å². The van der Waals surface area contributed by atoms with Crippen molar-refractivity contribution in [3.63, 3.8) is 0 Å². The van der Waals surface area contributed by atoms with Crippen LogP contribution < -0.4 is 0 Å². The number of aliphatic hydroxyl groups is 2. The van der Waals surface area contributed by atoms with E-state index in [9.17, 15) is 5.11 Å². The van der Waals surface area contributed by atoms with Crippen molar-refractivity contribution in [2.75, 3.05) is 6.61 Å². The first kappa shape index (κ1) is 12.0. The van der Waals surface area contributed by atoms with Crippen LogP contribution in [0.2, 0.25) is 0 Å². The van der Waals surface area contributed by atoms with Gasteiger partial charge in [-0.1, -0.05) is 43.0 Å². The Kier molecular flexibility index (Phi) is 5.08. The topological polar surface area (TPSA) is 40.5 Å². The summed E-state index contributed by atoms with van der Waals surface area (Å²) in [5, 5.41) is 18.1. The SMILES string of the molecule is C=C/C=C(\C=C/CO)[C@H]1C=C[C@@H](O)CC1. The Morgan fingerprint density at radius 2 is 2.20 bits per heavy atom. The van der Waals surface area contributed by atoms with Crippen LogP contribution >= 0.6 is 0 Å². The summed E-state index contributed by atoms with van der Waals surface area (Å²) in [5.41, 5.74) is 1.13. The Morgan fingerprint density at radius 3 is 2.73 bits per heavy atom. The van der Waals surface area contributed by atoms with Gasteiger partial charge in [-0.2, -0.15) is 0 Å². The van der Waals surface area contributed by atoms with Crippen LogP contribution in [0.15, 0.2) is 48.6 Å². The summed E-state index contributed by atoms with van der Waals surface area (Å²) in [6.07, 6.45) is 12.6. The lowest BCUT2D eigenvalue weighted by molar-refractivity contribution is 0.198. The van der Waals surface area contributed by atoms with Crippen LogP contribution in [0.1, 0.15) is 12.8 Å².